The highest BCUT2D eigenvalue weighted by Crippen LogP contribution is 2.24. The lowest BCUT2D eigenvalue weighted by atomic mass is 9.89. The van der Waals surface area contributed by atoms with E-state index in [1.54, 1.807) is 6.07 Å². The lowest BCUT2D eigenvalue weighted by Crippen LogP contribution is -2.45. The van der Waals surface area contributed by atoms with Crippen molar-refractivity contribution in [1.82, 2.24) is 5.32 Å². The van der Waals surface area contributed by atoms with E-state index in [-0.39, 0.29) is 5.75 Å². The van der Waals surface area contributed by atoms with Crippen LogP contribution in [0.4, 0.5) is 4.39 Å². The van der Waals surface area contributed by atoms with Crippen molar-refractivity contribution in [2.75, 3.05) is 6.61 Å². The molecule has 2 N–H and O–H groups in total. The molecule has 3 nitrogen and oxygen atoms in total. The van der Waals surface area contributed by atoms with Crippen molar-refractivity contribution in [2.45, 2.75) is 38.5 Å². The standard InChI is InChI=1S/C13H18FNO2/c1-2-17-11-6-10(7-11)15-8-9-3-4-13(16)12(14)5-9/h3-5,10-11,15-16H,2,6-8H2,1H3. The van der Waals surface area contributed by atoms with Crippen molar-refractivity contribution in [3.05, 3.63) is 29.6 Å². The highest BCUT2D eigenvalue weighted by atomic mass is 19.1. The highest BCUT2D eigenvalue weighted by Gasteiger charge is 2.28. The van der Waals surface area contributed by atoms with E-state index in [0.29, 0.717) is 18.7 Å². The van der Waals surface area contributed by atoms with Crippen molar-refractivity contribution in [1.29, 1.82) is 0 Å². The molecule has 1 aromatic carbocycles. The smallest absolute Gasteiger partial charge is 0.165 e. The molecule has 17 heavy (non-hydrogen) atoms. The Morgan fingerprint density at radius 1 is 1.47 bits per heavy atom. The number of nitrogens with one attached hydrogen (secondary N) is 1. The van der Waals surface area contributed by atoms with Gasteiger partial charge in [0, 0.05) is 19.2 Å². The Morgan fingerprint density at radius 3 is 2.88 bits per heavy atom. The minimum Gasteiger partial charge on any atom is -0.505 e. The third kappa shape index (κ3) is 3.17. The summed E-state index contributed by atoms with van der Waals surface area (Å²) in [6, 6.07) is 4.93. The fraction of sp³-hybridized carbons (Fsp3) is 0.538. The predicted octanol–water partition coefficient (Wildman–Crippen LogP) is 2.19. The summed E-state index contributed by atoms with van der Waals surface area (Å²) in [6.07, 6.45) is 2.43. The van der Waals surface area contributed by atoms with E-state index in [1.807, 2.05) is 6.92 Å². The molecule has 0 saturated heterocycles. The number of ether oxygens (including phenoxy) is 1. The maximum atomic E-state index is 13.1. The third-order valence-electron chi connectivity index (χ3n) is 3.10. The lowest BCUT2D eigenvalue weighted by molar-refractivity contribution is -0.0102. The van der Waals surface area contributed by atoms with Gasteiger partial charge < -0.3 is 15.2 Å². The highest BCUT2D eigenvalue weighted by molar-refractivity contribution is 5.27. The number of phenolic OH excluding ortho intramolecular Hbond substituents is 1. The third-order valence-corrected chi connectivity index (χ3v) is 3.10. The van der Waals surface area contributed by atoms with Crippen LogP contribution in [0.3, 0.4) is 0 Å². The first-order valence-corrected chi connectivity index (χ1v) is 6.01. The summed E-state index contributed by atoms with van der Waals surface area (Å²) in [5.74, 6) is -0.862. The normalized spacial score (nSPS) is 23.4. The Labute approximate surface area is 101 Å². The lowest BCUT2D eigenvalue weighted by Gasteiger charge is -2.35. The van der Waals surface area contributed by atoms with Gasteiger partial charge in [-0.05, 0) is 37.5 Å². The van der Waals surface area contributed by atoms with E-state index in [1.165, 1.54) is 12.1 Å². The van der Waals surface area contributed by atoms with Gasteiger partial charge in [-0.25, -0.2) is 4.39 Å². The second-order valence-electron chi connectivity index (χ2n) is 4.41. The van der Waals surface area contributed by atoms with Crippen molar-refractivity contribution < 1.29 is 14.2 Å². The first kappa shape index (κ1) is 12.3. The molecule has 0 bridgehead atoms. The number of aromatic hydroxyl groups is 1. The number of phenols is 1. The van der Waals surface area contributed by atoms with Gasteiger partial charge in [-0.1, -0.05) is 6.07 Å². The molecule has 1 aliphatic carbocycles. The van der Waals surface area contributed by atoms with Crippen LogP contribution in [-0.4, -0.2) is 23.9 Å². The summed E-state index contributed by atoms with van der Waals surface area (Å²) in [5.41, 5.74) is 0.847. The number of rotatable bonds is 5. The molecule has 0 heterocycles. The molecule has 0 aromatic heterocycles. The summed E-state index contributed by atoms with van der Waals surface area (Å²) < 4.78 is 18.5. The van der Waals surface area contributed by atoms with Gasteiger partial charge in [0.05, 0.1) is 6.10 Å². The van der Waals surface area contributed by atoms with Gasteiger partial charge in [0.15, 0.2) is 11.6 Å². The second kappa shape index (κ2) is 5.47. The average Bonchev–Trinajstić information content (AvgIpc) is 2.26. The van der Waals surface area contributed by atoms with E-state index >= 15 is 0 Å². The zero-order valence-electron chi connectivity index (χ0n) is 9.95. The Hall–Kier alpha value is -1.13. The fourth-order valence-electron chi connectivity index (χ4n) is 2.03. The SMILES string of the molecule is CCOC1CC(NCc2ccc(O)c(F)c2)C1. The molecule has 0 radical (unpaired) electrons. The molecular formula is C13H18FNO2. The van der Waals surface area contributed by atoms with Crippen LogP contribution in [0, 0.1) is 5.82 Å². The second-order valence-corrected chi connectivity index (χ2v) is 4.41. The molecule has 1 saturated carbocycles. The number of halogens is 1. The van der Waals surface area contributed by atoms with Crippen molar-refractivity contribution in [2.24, 2.45) is 0 Å². The molecule has 0 aliphatic heterocycles. The number of benzene rings is 1. The molecule has 1 aromatic rings. The van der Waals surface area contributed by atoms with Gasteiger partial charge in [-0.15, -0.1) is 0 Å². The van der Waals surface area contributed by atoms with Crippen LogP contribution in [0.15, 0.2) is 18.2 Å². The van der Waals surface area contributed by atoms with E-state index in [2.05, 4.69) is 5.32 Å². The number of hydrogen-bond acceptors (Lipinski definition) is 3. The molecule has 0 atom stereocenters. The van der Waals surface area contributed by atoms with Gasteiger partial charge in [0.1, 0.15) is 0 Å². The van der Waals surface area contributed by atoms with Crippen LogP contribution in [0.25, 0.3) is 0 Å². The van der Waals surface area contributed by atoms with Crippen LogP contribution < -0.4 is 5.32 Å². The van der Waals surface area contributed by atoms with Gasteiger partial charge in [-0.3, -0.25) is 0 Å². The molecule has 0 spiro atoms. The predicted molar refractivity (Wildman–Crippen MR) is 63.3 cm³/mol. The van der Waals surface area contributed by atoms with Crippen molar-refractivity contribution in [3.63, 3.8) is 0 Å². The van der Waals surface area contributed by atoms with Gasteiger partial charge >= 0.3 is 0 Å². The summed E-state index contributed by atoms with van der Waals surface area (Å²) in [5, 5.41) is 12.4. The molecule has 2 rings (SSSR count). The van der Waals surface area contributed by atoms with E-state index < -0.39 is 5.82 Å². The average molecular weight is 239 g/mol. The fourth-order valence-corrected chi connectivity index (χ4v) is 2.03. The zero-order valence-corrected chi connectivity index (χ0v) is 9.95. The van der Waals surface area contributed by atoms with Crippen LogP contribution in [0.1, 0.15) is 25.3 Å². The minimum atomic E-state index is -0.565. The van der Waals surface area contributed by atoms with Gasteiger partial charge in [0.25, 0.3) is 0 Å². The van der Waals surface area contributed by atoms with E-state index in [9.17, 15) is 4.39 Å². The molecule has 0 unspecified atom stereocenters. The summed E-state index contributed by atoms with van der Waals surface area (Å²) >= 11 is 0. The zero-order chi connectivity index (χ0) is 12.3. The maximum absolute atomic E-state index is 13.1. The summed E-state index contributed by atoms with van der Waals surface area (Å²) in [4.78, 5) is 0. The Balaban J connectivity index is 1.74. The Bertz CT molecular complexity index is 378. The van der Waals surface area contributed by atoms with Crippen LogP contribution in [-0.2, 0) is 11.3 Å². The van der Waals surface area contributed by atoms with E-state index in [4.69, 9.17) is 9.84 Å². The number of hydrogen-bond donors (Lipinski definition) is 2. The van der Waals surface area contributed by atoms with Gasteiger partial charge in [0.2, 0.25) is 0 Å². The molecule has 94 valence electrons. The van der Waals surface area contributed by atoms with Crippen LogP contribution >= 0.6 is 0 Å². The Morgan fingerprint density at radius 2 is 2.24 bits per heavy atom. The molecule has 0 amide bonds. The topological polar surface area (TPSA) is 41.5 Å². The van der Waals surface area contributed by atoms with Crippen LogP contribution in [0.2, 0.25) is 0 Å². The summed E-state index contributed by atoms with van der Waals surface area (Å²) in [6.45, 7) is 3.39. The maximum Gasteiger partial charge on any atom is 0.165 e. The van der Waals surface area contributed by atoms with Crippen molar-refractivity contribution >= 4 is 0 Å². The minimum absolute atomic E-state index is 0.297. The monoisotopic (exact) mass is 239 g/mol. The Kier molecular flexibility index (Phi) is 3.97. The first-order valence-electron chi connectivity index (χ1n) is 6.01. The molecule has 4 heteroatoms. The quantitative estimate of drug-likeness (QED) is 0.827. The van der Waals surface area contributed by atoms with Crippen molar-refractivity contribution in [3.8, 4) is 5.75 Å². The molecule has 1 fully saturated rings. The summed E-state index contributed by atoms with van der Waals surface area (Å²) in [7, 11) is 0. The molecular weight excluding hydrogens is 221 g/mol. The largest absolute Gasteiger partial charge is 0.505 e. The first-order chi connectivity index (χ1) is 8.19. The van der Waals surface area contributed by atoms with Gasteiger partial charge in [-0.2, -0.15) is 0 Å². The van der Waals surface area contributed by atoms with E-state index in [0.717, 1.165) is 25.0 Å². The molecule has 1 aliphatic rings. The van der Waals surface area contributed by atoms with Crippen LogP contribution in [0.5, 0.6) is 5.75 Å².